The topological polar surface area (TPSA) is 107 Å². The van der Waals surface area contributed by atoms with E-state index >= 15 is 0 Å². The summed E-state index contributed by atoms with van der Waals surface area (Å²) in [7, 11) is 1.58. The predicted octanol–water partition coefficient (Wildman–Crippen LogP) is 7.23. The minimum atomic E-state index is -0.997. The van der Waals surface area contributed by atoms with Gasteiger partial charge in [0, 0.05) is 12.0 Å². The molecule has 7 rings (SSSR count). The highest BCUT2D eigenvalue weighted by Gasteiger charge is 2.48. The molecule has 2 aliphatic heterocycles. The number of carbonyl (C=O) groups excluding carboxylic acids is 2. The first-order valence-corrected chi connectivity index (χ1v) is 16.1. The Labute approximate surface area is 275 Å². The Morgan fingerprint density at radius 2 is 1.83 bits per heavy atom. The number of ketones is 1. The summed E-state index contributed by atoms with van der Waals surface area (Å²) >= 11 is 1.26. The van der Waals surface area contributed by atoms with Crippen molar-refractivity contribution in [2.24, 2.45) is 0 Å². The van der Waals surface area contributed by atoms with E-state index in [1.165, 1.54) is 16.2 Å². The molecule has 9 nitrogen and oxygen atoms in total. The van der Waals surface area contributed by atoms with E-state index in [9.17, 15) is 14.7 Å². The van der Waals surface area contributed by atoms with E-state index in [2.05, 4.69) is 0 Å². The van der Waals surface area contributed by atoms with Crippen molar-refractivity contribution >= 4 is 44.1 Å². The Morgan fingerprint density at radius 3 is 2.62 bits per heavy atom. The van der Waals surface area contributed by atoms with E-state index in [0.29, 0.717) is 58.7 Å². The minimum absolute atomic E-state index is 0.00486. The zero-order valence-corrected chi connectivity index (χ0v) is 26.9. The molecule has 1 fully saturated rings. The lowest BCUT2D eigenvalue weighted by atomic mass is 9.94. The van der Waals surface area contributed by atoms with Gasteiger partial charge in [-0.15, -0.1) is 0 Å². The lowest BCUT2D eigenvalue weighted by molar-refractivity contribution is -0.132. The largest absolute Gasteiger partial charge is 0.507 e. The molecule has 5 aromatic rings. The van der Waals surface area contributed by atoms with Gasteiger partial charge in [-0.3, -0.25) is 14.5 Å². The summed E-state index contributed by atoms with van der Waals surface area (Å²) in [4.78, 5) is 33.9. The number of benzene rings is 4. The van der Waals surface area contributed by atoms with Crippen LogP contribution in [0.1, 0.15) is 42.1 Å². The maximum absolute atomic E-state index is 13.9. The van der Waals surface area contributed by atoms with Gasteiger partial charge >= 0.3 is 5.91 Å². The number of hydrogen-bond acceptors (Lipinski definition) is 9. The van der Waals surface area contributed by atoms with Crippen LogP contribution in [-0.2, 0) is 22.6 Å². The van der Waals surface area contributed by atoms with Crippen LogP contribution in [0.4, 0.5) is 5.13 Å². The van der Waals surface area contributed by atoms with Gasteiger partial charge in [-0.1, -0.05) is 47.7 Å². The first-order valence-electron chi connectivity index (χ1n) is 15.3. The predicted molar refractivity (Wildman–Crippen MR) is 180 cm³/mol. The summed E-state index contributed by atoms with van der Waals surface area (Å²) < 4.78 is 24.2. The average Bonchev–Trinajstić information content (AvgIpc) is 3.75. The second-order valence-corrected chi connectivity index (χ2v) is 12.4. The number of aliphatic hydroxyl groups is 1. The lowest BCUT2D eigenvalue weighted by Crippen LogP contribution is -2.29. The normalized spacial score (nSPS) is 18.3. The summed E-state index contributed by atoms with van der Waals surface area (Å²) in [5.41, 5.74) is 3.50. The number of thiazole rings is 1. The number of rotatable bonds is 9. The second-order valence-electron chi connectivity index (χ2n) is 11.4. The van der Waals surface area contributed by atoms with E-state index < -0.39 is 17.7 Å². The van der Waals surface area contributed by atoms with Gasteiger partial charge in [-0.05, 0) is 79.1 Å². The molecule has 0 saturated carbocycles. The Kier molecular flexibility index (Phi) is 8.03. The molecule has 1 amide bonds. The fourth-order valence-electron chi connectivity index (χ4n) is 6.01. The van der Waals surface area contributed by atoms with Crippen LogP contribution >= 0.6 is 11.3 Å². The van der Waals surface area contributed by atoms with Crippen LogP contribution < -0.4 is 23.8 Å². The third kappa shape index (κ3) is 5.65. The van der Waals surface area contributed by atoms with Crippen LogP contribution in [0, 0.1) is 0 Å². The van der Waals surface area contributed by atoms with Crippen LogP contribution in [0.25, 0.3) is 16.0 Å². The average molecular weight is 649 g/mol. The van der Waals surface area contributed by atoms with Crippen molar-refractivity contribution in [2.75, 3.05) is 18.6 Å². The molecule has 1 N–H and O–H groups in total. The number of methoxy groups -OCH3 is 1. The molecule has 1 saturated heterocycles. The maximum atomic E-state index is 13.9. The fraction of sp³-hybridized carbons (Fsp3) is 0.216. The molecule has 0 bridgehead atoms. The van der Waals surface area contributed by atoms with Crippen LogP contribution in [-0.4, -0.2) is 41.6 Å². The third-order valence-electron chi connectivity index (χ3n) is 8.22. The molecule has 0 radical (unpaired) electrons. The Morgan fingerprint density at radius 1 is 1.00 bits per heavy atom. The number of nitrogens with zero attached hydrogens (tertiary/aromatic N) is 2. The highest BCUT2D eigenvalue weighted by Crippen LogP contribution is 2.46. The molecule has 238 valence electrons. The van der Waals surface area contributed by atoms with E-state index in [1.807, 2.05) is 56.3 Å². The van der Waals surface area contributed by atoms with Gasteiger partial charge in [0.1, 0.15) is 30.0 Å². The molecule has 0 spiro atoms. The van der Waals surface area contributed by atoms with Gasteiger partial charge < -0.3 is 24.1 Å². The quantitative estimate of drug-likeness (QED) is 0.101. The highest BCUT2D eigenvalue weighted by atomic mass is 32.1. The second kappa shape index (κ2) is 12.4. The highest BCUT2D eigenvalue weighted by molar-refractivity contribution is 7.22. The number of aromatic nitrogens is 1. The van der Waals surface area contributed by atoms with Crippen LogP contribution in [0.3, 0.4) is 0 Å². The number of hydrogen-bond donors (Lipinski definition) is 1. The number of anilines is 1. The Bertz CT molecular complexity index is 2040. The van der Waals surface area contributed by atoms with Crippen molar-refractivity contribution in [1.82, 2.24) is 4.98 Å². The number of aliphatic hydroxyl groups excluding tert-OH is 1. The minimum Gasteiger partial charge on any atom is -0.507 e. The maximum Gasteiger partial charge on any atom is 0.301 e. The smallest absolute Gasteiger partial charge is 0.301 e. The van der Waals surface area contributed by atoms with Crippen LogP contribution in [0.2, 0.25) is 0 Å². The summed E-state index contributed by atoms with van der Waals surface area (Å²) in [5.74, 6) is 0.473. The van der Waals surface area contributed by atoms with Crippen molar-refractivity contribution < 1.29 is 33.6 Å². The zero-order valence-electron chi connectivity index (χ0n) is 26.1. The number of Topliss-reactive ketones (excluding diaryl/α,β-unsaturated/α-hetero) is 1. The van der Waals surface area contributed by atoms with Gasteiger partial charge in [-0.2, -0.15) is 0 Å². The molecule has 2 atom stereocenters. The Balaban J connectivity index is 1.36. The molecule has 47 heavy (non-hydrogen) atoms. The monoisotopic (exact) mass is 648 g/mol. The van der Waals surface area contributed by atoms with Gasteiger partial charge in [0.2, 0.25) is 0 Å². The molecule has 10 heteroatoms. The first kappa shape index (κ1) is 30.3. The van der Waals surface area contributed by atoms with Crippen molar-refractivity contribution in [3.05, 3.63) is 113 Å². The van der Waals surface area contributed by atoms with Crippen molar-refractivity contribution in [2.45, 2.75) is 39.0 Å². The summed E-state index contributed by atoms with van der Waals surface area (Å²) in [5, 5.41) is 12.1. The number of carbonyl (C=O) groups is 2. The van der Waals surface area contributed by atoms with Gasteiger partial charge in [-0.25, -0.2) is 4.98 Å². The summed E-state index contributed by atoms with van der Waals surface area (Å²) in [6.07, 6.45) is 0.677. The molecule has 2 aliphatic rings. The van der Waals surface area contributed by atoms with Crippen molar-refractivity contribution in [3.8, 4) is 23.0 Å². The van der Waals surface area contributed by atoms with Crippen LogP contribution in [0.5, 0.6) is 23.0 Å². The number of ether oxygens (including phenoxy) is 4. The van der Waals surface area contributed by atoms with E-state index in [-0.39, 0.29) is 17.4 Å². The molecule has 1 aromatic heterocycles. The third-order valence-corrected chi connectivity index (χ3v) is 9.24. The van der Waals surface area contributed by atoms with E-state index in [4.69, 9.17) is 23.9 Å². The number of fused-ring (bicyclic) bond motifs is 2. The van der Waals surface area contributed by atoms with Gasteiger partial charge in [0.15, 0.2) is 16.6 Å². The molecular formula is C37H32N2O7S. The lowest BCUT2D eigenvalue weighted by Gasteiger charge is -2.24. The van der Waals surface area contributed by atoms with E-state index in [1.54, 1.807) is 49.6 Å². The molecule has 0 unspecified atom stereocenters. The molecule has 0 aliphatic carbocycles. The van der Waals surface area contributed by atoms with Crippen molar-refractivity contribution in [3.63, 3.8) is 0 Å². The van der Waals surface area contributed by atoms with Gasteiger partial charge in [0.25, 0.3) is 5.78 Å². The fourth-order valence-corrected chi connectivity index (χ4v) is 7.03. The first-order chi connectivity index (χ1) is 22.8. The molecular weight excluding hydrogens is 616 g/mol. The van der Waals surface area contributed by atoms with Gasteiger partial charge in [0.05, 0.1) is 35.5 Å². The zero-order chi connectivity index (χ0) is 32.7. The van der Waals surface area contributed by atoms with Crippen LogP contribution in [0.15, 0.2) is 90.5 Å². The standard InChI is InChI=1S/C37H32N2O7S/c1-4-44-30-18-23(10-15-29(30)45-20-22-8-6-5-7-9-22)33-32(34(40)24-11-14-28-25(17-24)16-21(2)46-28)35(41)36(42)39(33)37-38-27-13-12-26(43-3)19-31(27)47-37/h5-15,17-19,21,33,40H,4,16,20H2,1-3H3/t21-,33-/m1/s1. The molecule has 3 heterocycles. The number of amides is 1. The van der Waals surface area contributed by atoms with Crippen molar-refractivity contribution in [1.29, 1.82) is 0 Å². The summed E-state index contributed by atoms with van der Waals surface area (Å²) in [6.45, 7) is 4.53. The molecule has 4 aromatic carbocycles. The Hall–Kier alpha value is -5.35. The summed E-state index contributed by atoms with van der Waals surface area (Å²) in [6, 6.07) is 24.8. The van der Waals surface area contributed by atoms with E-state index in [0.717, 1.165) is 21.6 Å². The SMILES string of the molecule is CCOc1cc([C@@H]2C(=C(O)c3ccc4c(c3)C[C@@H](C)O4)C(=O)C(=O)N2c2nc3ccc(OC)cc3s2)ccc1OCc1ccccc1.